The molecule has 0 heterocycles. The number of hydrogen-bond acceptors (Lipinski definition) is 3. The van der Waals surface area contributed by atoms with Crippen molar-refractivity contribution in [2.24, 2.45) is 0 Å². The van der Waals surface area contributed by atoms with Crippen LogP contribution in [0.4, 0.5) is 0 Å². The van der Waals surface area contributed by atoms with E-state index in [1.807, 2.05) is 22.8 Å². The van der Waals surface area contributed by atoms with E-state index in [2.05, 4.69) is 13.8 Å². The van der Waals surface area contributed by atoms with Crippen molar-refractivity contribution >= 4 is 39.7 Å². The van der Waals surface area contributed by atoms with Gasteiger partial charge in [-0.05, 0) is 24.6 Å². The first-order chi connectivity index (χ1) is 5.81. The van der Waals surface area contributed by atoms with Crippen LogP contribution in [-0.2, 0) is 11.8 Å². The summed E-state index contributed by atoms with van der Waals surface area (Å²) >= 11 is 9.34. The molecule has 1 radical (unpaired) electrons. The second-order valence-electron chi connectivity index (χ2n) is 2.60. The van der Waals surface area contributed by atoms with E-state index in [1.54, 1.807) is 0 Å². The molecule has 0 aromatic heterocycles. The fourth-order valence-corrected chi connectivity index (χ4v) is 7.06. The van der Waals surface area contributed by atoms with Crippen LogP contribution in [0.15, 0.2) is 0 Å². The Bertz CT molecular complexity index is 105. The molecule has 12 heavy (non-hydrogen) atoms. The maximum atomic E-state index is 5.35. The Morgan fingerprint density at radius 1 is 1.00 bits per heavy atom. The minimum atomic E-state index is -0.187. The highest BCUT2D eigenvalue weighted by atomic mass is 33.2. The quantitative estimate of drug-likeness (QED) is 0.441. The van der Waals surface area contributed by atoms with E-state index in [0.717, 1.165) is 0 Å². The predicted octanol–water partition coefficient (Wildman–Crippen LogP) is 4.83. The third kappa shape index (κ3) is 9.31. The summed E-state index contributed by atoms with van der Waals surface area (Å²) in [6.45, 7) is 4.47. The molecule has 0 atom stereocenters. The third-order valence-corrected chi connectivity index (χ3v) is 8.91. The zero-order chi connectivity index (χ0) is 9.23. The lowest BCUT2D eigenvalue weighted by atomic mass is 10.4. The van der Waals surface area contributed by atoms with E-state index in [9.17, 15) is 0 Å². The van der Waals surface area contributed by atoms with E-state index < -0.39 is 0 Å². The average Bonchev–Trinajstić information content (AvgIpc) is 2.06. The van der Waals surface area contributed by atoms with E-state index >= 15 is 0 Å². The monoisotopic (exact) mass is 241 g/mol. The Labute approximate surface area is 90.6 Å². The van der Waals surface area contributed by atoms with Gasteiger partial charge < -0.3 is 0 Å². The number of hydrogen-bond donors (Lipinski definition) is 0. The minimum absolute atomic E-state index is 0.187. The number of unbranched alkanes of at least 4 members (excludes halogenated alkanes) is 2. The molecule has 0 amide bonds. The summed E-state index contributed by atoms with van der Waals surface area (Å²) in [7, 11) is 0. The van der Waals surface area contributed by atoms with Gasteiger partial charge in [-0.3, -0.25) is 0 Å². The summed E-state index contributed by atoms with van der Waals surface area (Å²) in [5.74, 6) is 2.54. The van der Waals surface area contributed by atoms with Crippen LogP contribution in [0.25, 0.3) is 0 Å². The van der Waals surface area contributed by atoms with Crippen LogP contribution >= 0.6 is 27.9 Å². The van der Waals surface area contributed by atoms with Gasteiger partial charge in [-0.25, -0.2) is 0 Å². The maximum absolute atomic E-state index is 5.35. The van der Waals surface area contributed by atoms with Crippen molar-refractivity contribution in [3.63, 3.8) is 0 Å². The molecule has 4 heteroatoms. The van der Waals surface area contributed by atoms with Crippen LogP contribution in [0.5, 0.6) is 0 Å². The first-order valence-corrected chi connectivity index (χ1v) is 10.1. The zero-order valence-electron chi connectivity index (χ0n) is 7.91. The zero-order valence-corrected chi connectivity index (χ0v) is 11.3. The van der Waals surface area contributed by atoms with Crippen LogP contribution < -0.4 is 0 Å². The van der Waals surface area contributed by atoms with Gasteiger partial charge in [-0.15, -0.1) is 0 Å². The topological polar surface area (TPSA) is 0 Å². The van der Waals surface area contributed by atoms with E-state index in [4.69, 9.17) is 11.8 Å². The lowest BCUT2D eigenvalue weighted by Gasteiger charge is -2.01. The number of rotatable bonds is 8. The molecule has 0 bridgehead atoms. The predicted molar refractivity (Wildman–Crippen MR) is 69.0 cm³/mol. The molecular weight excluding hydrogens is 223 g/mol. The molecule has 0 aliphatic carbocycles. The van der Waals surface area contributed by atoms with Crippen molar-refractivity contribution in [1.29, 1.82) is 0 Å². The van der Waals surface area contributed by atoms with Gasteiger partial charge in [0.25, 0.3) is 0 Å². The Hall–Kier alpha value is 1.22. The standard InChI is InChI=1S/C8H18PS3/c1-3-5-7-11-9(10)12-8-6-4-2/h3-8H2,1-2H3. The maximum Gasteiger partial charge on any atom is 0.0376 e. The molecule has 0 aliphatic heterocycles. The van der Waals surface area contributed by atoms with Crippen molar-refractivity contribution < 1.29 is 0 Å². The van der Waals surface area contributed by atoms with Crippen molar-refractivity contribution in [1.82, 2.24) is 0 Å². The second kappa shape index (κ2) is 10.3. The van der Waals surface area contributed by atoms with Gasteiger partial charge in [0, 0.05) is 16.6 Å². The summed E-state index contributed by atoms with van der Waals surface area (Å²) in [6.07, 6.45) is 5.25. The van der Waals surface area contributed by atoms with Crippen LogP contribution in [0.3, 0.4) is 0 Å². The fourth-order valence-electron chi connectivity index (χ4n) is 0.604. The summed E-state index contributed by atoms with van der Waals surface area (Å²) < 4.78 is 0. The van der Waals surface area contributed by atoms with Gasteiger partial charge in [0.2, 0.25) is 0 Å². The van der Waals surface area contributed by atoms with Crippen LogP contribution in [0.1, 0.15) is 39.5 Å². The largest absolute Gasteiger partial charge is 0.0897 e. The minimum Gasteiger partial charge on any atom is -0.0897 e. The summed E-state index contributed by atoms with van der Waals surface area (Å²) in [5, 5.41) is -0.187. The Morgan fingerprint density at radius 3 is 1.75 bits per heavy atom. The molecule has 73 valence electrons. The van der Waals surface area contributed by atoms with Gasteiger partial charge in [0.15, 0.2) is 0 Å². The summed E-state index contributed by atoms with van der Waals surface area (Å²) in [6, 6.07) is 0. The molecule has 0 unspecified atom stereocenters. The smallest absolute Gasteiger partial charge is 0.0376 e. The molecule has 0 saturated carbocycles. The Balaban J connectivity index is 3.10. The molecule has 0 spiro atoms. The van der Waals surface area contributed by atoms with Crippen LogP contribution in [0, 0.1) is 0 Å². The molecule has 0 N–H and O–H groups in total. The van der Waals surface area contributed by atoms with Crippen molar-refractivity contribution in [3.8, 4) is 0 Å². The van der Waals surface area contributed by atoms with Gasteiger partial charge in [0.05, 0.1) is 0 Å². The van der Waals surface area contributed by atoms with E-state index in [1.165, 1.54) is 37.2 Å². The van der Waals surface area contributed by atoms with Crippen LogP contribution in [0.2, 0.25) is 0 Å². The fraction of sp³-hybridized carbons (Fsp3) is 1.00. The lowest BCUT2D eigenvalue weighted by Crippen LogP contribution is -1.74. The van der Waals surface area contributed by atoms with Crippen LogP contribution in [-0.4, -0.2) is 11.5 Å². The molecule has 0 nitrogen and oxygen atoms in total. The molecule has 0 rings (SSSR count). The van der Waals surface area contributed by atoms with E-state index in [-0.39, 0.29) is 5.10 Å². The van der Waals surface area contributed by atoms with Gasteiger partial charge in [-0.1, -0.05) is 49.5 Å². The molecule has 0 fully saturated rings. The highest BCUT2D eigenvalue weighted by Gasteiger charge is 1.96. The summed E-state index contributed by atoms with van der Waals surface area (Å²) in [5.41, 5.74) is 0. The SMILES string of the molecule is CCCCS[P](=S)SCCCC. The van der Waals surface area contributed by atoms with Crippen molar-refractivity contribution in [2.75, 3.05) is 11.5 Å². The molecule has 0 aliphatic rings. The third-order valence-electron chi connectivity index (χ3n) is 1.39. The molecule has 0 aromatic rings. The second-order valence-corrected chi connectivity index (χ2v) is 11.3. The highest BCUT2D eigenvalue weighted by molar-refractivity contribution is 8.94. The molecular formula is C8H18PS3. The van der Waals surface area contributed by atoms with Crippen molar-refractivity contribution in [3.05, 3.63) is 0 Å². The van der Waals surface area contributed by atoms with Gasteiger partial charge >= 0.3 is 0 Å². The van der Waals surface area contributed by atoms with E-state index in [0.29, 0.717) is 0 Å². The molecule has 0 aromatic carbocycles. The average molecular weight is 241 g/mol. The molecule has 0 saturated heterocycles. The summed E-state index contributed by atoms with van der Waals surface area (Å²) in [4.78, 5) is 0. The lowest BCUT2D eigenvalue weighted by molar-refractivity contribution is 0.898. The Kier molecular flexibility index (Phi) is 11.3. The first kappa shape index (κ1) is 13.2. The Morgan fingerprint density at radius 2 is 1.42 bits per heavy atom. The van der Waals surface area contributed by atoms with Crippen molar-refractivity contribution in [2.45, 2.75) is 39.5 Å². The van der Waals surface area contributed by atoms with Gasteiger partial charge in [0.1, 0.15) is 0 Å². The van der Waals surface area contributed by atoms with Gasteiger partial charge in [-0.2, -0.15) is 0 Å². The normalized spacial score (nSPS) is 10.2. The highest BCUT2D eigenvalue weighted by Crippen LogP contribution is 2.50. The first-order valence-electron chi connectivity index (χ1n) is 4.54.